The number of furan rings is 2. The van der Waals surface area contributed by atoms with E-state index in [1.54, 1.807) is 0 Å². The molecule has 0 atom stereocenters. The van der Waals surface area contributed by atoms with Crippen molar-refractivity contribution in [2.24, 2.45) is 0 Å². The first-order valence-electron chi connectivity index (χ1n) is 32.5. The third-order valence-corrected chi connectivity index (χ3v) is 21.8. The van der Waals surface area contributed by atoms with Crippen molar-refractivity contribution in [1.29, 1.82) is 0 Å². The average molecular weight is 1260 g/mol. The van der Waals surface area contributed by atoms with Gasteiger partial charge in [0.1, 0.15) is 16.7 Å². The number of aromatic nitrogens is 2. The quantitative estimate of drug-likeness (QED) is 0.129. The van der Waals surface area contributed by atoms with Gasteiger partial charge in [-0.15, -0.1) is 22.7 Å². The molecular weight excluding hydrogens is 1210 g/mol. The predicted molar refractivity (Wildman–Crippen MR) is 406 cm³/mol. The first-order valence-corrected chi connectivity index (χ1v) is 34.1. The number of hydrogen-bond acceptors (Lipinski definition) is 6. The van der Waals surface area contributed by atoms with Crippen LogP contribution in [0.3, 0.4) is 0 Å². The van der Waals surface area contributed by atoms with E-state index in [0.717, 1.165) is 106 Å². The van der Waals surface area contributed by atoms with Gasteiger partial charge >= 0.3 is 0 Å². The fourth-order valence-electron chi connectivity index (χ4n) is 14.9. The zero-order chi connectivity index (χ0) is 63.0. The maximum absolute atomic E-state index is 7.00. The van der Waals surface area contributed by atoms with E-state index in [-0.39, 0.29) is 0 Å². The average Bonchev–Trinajstić information content (AvgIpc) is 1.67. The second-order valence-electron chi connectivity index (χ2n) is 24.7. The number of thiophene rings is 2. The molecular formula is C88H54N4O2S2. The Morgan fingerprint density at radius 1 is 0.240 bits per heavy atom. The minimum Gasteiger partial charge on any atom is -0.456 e. The summed E-state index contributed by atoms with van der Waals surface area (Å²) < 4.78 is 23.6. The van der Waals surface area contributed by atoms with Crippen molar-refractivity contribution in [3.63, 3.8) is 0 Å². The van der Waals surface area contributed by atoms with Gasteiger partial charge < -0.3 is 27.8 Å². The molecule has 6 aromatic heterocycles. The Morgan fingerprint density at radius 3 is 1.25 bits per heavy atom. The van der Waals surface area contributed by atoms with Crippen LogP contribution in [-0.4, -0.2) is 9.13 Å². The van der Waals surface area contributed by atoms with Crippen LogP contribution in [0, 0.1) is 0 Å². The number of nitrogens with zero attached hydrogens (tertiary/aromatic N) is 4. The Morgan fingerprint density at radius 2 is 0.646 bits per heavy atom. The maximum atomic E-state index is 7.00. The fourth-order valence-corrected chi connectivity index (χ4v) is 17.6. The van der Waals surface area contributed by atoms with Gasteiger partial charge in [0.25, 0.3) is 0 Å². The second kappa shape index (κ2) is 21.7. The molecule has 0 aliphatic rings. The highest BCUT2D eigenvalue weighted by Crippen LogP contribution is 2.52. The summed E-state index contributed by atoms with van der Waals surface area (Å²) in [6.45, 7) is 0. The third-order valence-electron chi connectivity index (χ3n) is 19.3. The Hall–Kier alpha value is -12.2. The van der Waals surface area contributed by atoms with E-state index in [1.165, 1.54) is 79.1 Å². The monoisotopic (exact) mass is 1260 g/mol. The molecule has 0 aliphatic carbocycles. The molecule has 6 nitrogen and oxygen atoms in total. The molecule has 0 unspecified atom stereocenters. The summed E-state index contributed by atoms with van der Waals surface area (Å²) in [7, 11) is 0. The lowest BCUT2D eigenvalue weighted by atomic mass is 10.0. The van der Waals surface area contributed by atoms with Gasteiger partial charge in [0.15, 0.2) is 5.58 Å². The molecule has 450 valence electrons. The topological polar surface area (TPSA) is 42.6 Å². The Bertz CT molecular complexity index is 6440. The SMILES string of the molecule is c1ccc(-c2ccc(N(c3ccc4c(c3)oc3cc(-c5ccc(-n6c7ccccc7c7sc8c(N(c9ccc(-c%10ccccc%10)cc9)c9cccc%10c9oc9ccccc9%10)cccc8c76)cc5)ccc34)c3cccc4c3sc3c5ccccc5n(-c5ccccc5)c43)cc2)cc1. The van der Waals surface area contributed by atoms with Crippen LogP contribution in [0.15, 0.2) is 336 Å². The number of anilines is 6. The summed E-state index contributed by atoms with van der Waals surface area (Å²) in [4.78, 5) is 4.80. The lowest BCUT2D eigenvalue weighted by molar-refractivity contribution is 0.668. The van der Waals surface area contributed by atoms with Crippen molar-refractivity contribution in [1.82, 2.24) is 9.13 Å². The van der Waals surface area contributed by atoms with E-state index < -0.39 is 0 Å². The highest BCUT2D eigenvalue weighted by atomic mass is 32.1. The van der Waals surface area contributed by atoms with Gasteiger partial charge in [0.2, 0.25) is 0 Å². The molecule has 20 aromatic rings. The molecule has 0 saturated carbocycles. The van der Waals surface area contributed by atoms with Crippen LogP contribution >= 0.6 is 22.7 Å². The van der Waals surface area contributed by atoms with E-state index >= 15 is 0 Å². The number of fused-ring (bicyclic) bond motifs is 16. The minimum atomic E-state index is 0.830. The van der Waals surface area contributed by atoms with Crippen molar-refractivity contribution in [3.8, 4) is 44.8 Å². The number of para-hydroxylation sites is 5. The molecule has 0 radical (unpaired) electrons. The molecule has 6 heterocycles. The number of benzene rings is 14. The fraction of sp³-hybridized carbons (Fsp3) is 0. The Balaban J connectivity index is 0.684. The van der Waals surface area contributed by atoms with Gasteiger partial charge in [-0.2, -0.15) is 0 Å². The lowest BCUT2D eigenvalue weighted by Crippen LogP contribution is -2.10. The van der Waals surface area contributed by atoms with Crippen LogP contribution in [0.4, 0.5) is 34.1 Å². The van der Waals surface area contributed by atoms with Crippen LogP contribution in [0.2, 0.25) is 0 Å². The van der Waals surface area contributed by atoms with Crippen molar-refractivity contribution in [2.45, 2.75) is 0 Å². The number of hydrogen-bond donors (Lipinski definition) is 0. The Labute approximate surface area is 559 Å². The van der Waals surface area contributed by atoms with E-state index in [4.69, 9.17) is 8.83 Å². The van der Waals surface area contributed by atoms with Gasteiger partial charge in [0, 0.05) is 77.6 Å². The Kier molecular flexibility index (Phi) is 12.3. The van der Waals surface area contributed by atoms with E-state index in [1.807, 2.05) is 28.7 Å². The molecule has 0 amide bonds. The van der Waals surface area contributed by atoms with Crippen molar-refractivity contribution < 1.29 is 8.83 Å². The molecule has 0 N–H and O–H groups in total. The molecule has 14 aromatic carbocycles. The smallest absolute Gasteiger partial charge is 0.159 e. The molecule has 0 spiro atoms. The lowest BCUT2D eigenvalue weighted by Gasteiger charge is -2.26. The van der Waals surface area contributed by atoms with Gasteiger partial charge in [0.05, 0.1) is 57.9 Å². The van der Waals surface area contributed by atoms with Crippen LogP contribution in [0.25, 0.3) is 151 Å². The van der Waals surface area contributed by atoms with E-state index in [9.17, 15) is 0 Å². The molecule has 0 saturated heterocycles. The van der Waals surface area contributed by atoms with E-state index in [0.29, 0.717) is 0 Å². The van der Waals surface area contributed by atoms with Crippen molar-refractivity contribution in [2.75, 3.05) is 9.80 Å². The first kappa shape index (κ1) is 54.4. The zero-order valence-electron chi connectivity index (χ0n) is 51.6. The third kappa shape index (κ3) is 8.49. The van der Waals surface area contributed by atoms with Crippen LogP contribution in [-0.2, 0) is 0 Å². The summed E-state index contributed by atoms with van der Waals surface area (Å²) in [5, 5.41) is 9.21. The van der Waals surface area contributed by atoms with Gasteiger partial charge in [-0.1, -0.05) is 212 Å². The predicted octanol–water partition coefficient (Wildman–Crippen LogP) is 26.0. The maximum Gasteiger partial charge on any atom is 0.159 e. The normalized spacial score (nSPS) is 12.0. The molecule has 96 heavy (non-hydrogen) atoms. The van der Waals surface area contributed by atoms with Crippen LogP contribution < -0.4 is 9.80 Å². The standard InChI is InChI=1S/C88H54N4O2S2/c1-4-19-55(20-5-1)57-37-44-62(45-38-57)89(77-34-17-29-72-82-87(95-85(72)77)70-26-10-13-31-74(70)91(82)61-23-8-3-9-24-61)65-50-52-68-67-51-43-60(53-80(67)93-81(68)54-65)59-41-48-64(49-42-59)92-75-32-14-11-27-71(75)88-83(92)73-30-18-35-78(86(73)96-88)90(63-46-39-58(40-47-63)56-21-6-2-7-22-56)76-33-16-28-69-66-25-12-15-36-79(66)94-84(69)76/h1-54H. The van der Waals surface area contributed by atoms with Gasteiger partial charge in [-0.05, 0) is 143 Å². The molecule has 0 aliphatic heterocycles. The number of rotatable bonds is 11. The zero-order valence-corrected chi connectivity index (χ0v) is 53.2. The van der Waals surface area contributed by atoms with Gasteiger partial charge in [-0.25, -0.2) is 0 Å². The summed E-state index contributed by atoms with van der Waals surface area (Å²) >= 11 is 3.73. The molecule has 0 bridgehead atoms. The summed E-state index contributed by atoms with van der Waals surface area (Å²) in [5.41, 5.74) is 23.6. The second-order valence-corrected chi connectivity index (χ2v) is 26.7. The van der Waals surface area contributed by atoms with Crippen molar-refractivity contribution in [3.05, 3.63) is 328 Å². The minimum absolute atomic E-state index is 0.830. The van der Waals surface area contributed by atoms with Crippen LogP contribution in [0.1, 0.15) is 0 Å². The highest BCUT2D eigenvalue weighted by molar-refractivity contribution is 7.27. The summed E-state index contributed by atoms with van der Waals surface area (Å²) in [6.07, 6.45) is 0. The first-order chi connectivity index (χ1) is 47.6. The van der Waals surface area contributed by atoms with Crippen LogP contribution in [0.5, 0.6) is 0 Å². The molecule has 20 rings (SSSR count). The summed E-state index contributed by atoms with van der Waals surface area (Å²) in [6, 6.07) is 118. The molecule has 0 fully saturated rings. The van der Waals surface area contributed by atoms with Crippen molar-refractivity contribution >= 4 is 163 Å². The largest absolute Gasteiger partial charge is 0.456 e. The van der Waals surface area contributed by atoms with E-state index in [2.05, 4.69) is 340 Å². The highest BCUT2D eigenvalue weighted by Gasteiger charge is 2.27. The summed E-state index contributed by atoms with van der Waals surface area (Å²) in [5.74, 6) is 0. The van der Waals surface area contributed by atoms with Gasteiger partial charge in [-0.3, -0.25) is 0 Å². The molecule has 8 heteroatoms.